The summed E-state index contributed by atoms with van der Waals surface area (Å²) in [6.07, 6.45) is 8.63. The SMILES string of the molecule is CN(CC(=O)N(C)C1CCCCC1)C(=O)CC1CCCN1. The maximum Gasteiger partial charge on any atom is 0.242 e. The number of hydrogen-bond donors (Lipinski definition) is 1. The molecule has 5 nitrogen and oxygen atoms in total. The van der Waals surface area contributed by atoms with Crippen molar-refractivity contribution in [1.29, 1.82) is 0 Å². The van der Waals surface area contributed by atoms with Crippen LogP contribution in [-0.2, 0) is 9.59 Å². The molecule has 2 aliphatic rings. The first kappa shape index (κ1) is 16.3. The van der Waals surface area contributed by atoms with E-state index in [1.807, 2.05) is 11.9 Å². The van der Waals surface area contributed by atoms with Crippen LogP contribution >= 0.6 is 0 Å². The van der Waals surface area contributed by atoms with Crippen molar-refractivity contribution >= 4 is 11.8 Å². The zero-order chi connectivity index (χ0) is 15.2. The zero-order valence-corrected chi connectivity index (χ0v) is 13.4. The van der Waals surface area contributed by atoms with Gasteiger partial charge in [0.25, 0.3) is 0 Å². The number of carbonyl (C=O) groups excluding carboxylic acids is 2. The molecule has 0 radical (unpaired) electrons. The monoisotopic (exact) mass is 295 g/mol. The van der Waals surface area contributed by atoms with Crippen molar-refractivity contribution in [3.05, 3.63) is 0 Å². The third-order valence-corrected chi connectivity index (χ3v) is 4.90. The lowest BCUT2D eigenvalue weighted by Gasteiger charge is -2.32. The Labute approximate surface area is 128 Å². The average molecular weight is 295 g/mol. The van der Waals surface area contributed by atoms with E-state index in [2.05, 4.69) is 5.32 Å². The molecule has 0 aromatic carbocycles. The first-order valence-electron chi connectivity index (χ1n) is 8.31. The second-order valence-corrected chi connectivity index (χ2v) is 6.54. The summed E-state index contributed by atoms with van der Waals surface area (Å²) >= 11 is 0. The molecule has 0 aromatic heterocycles. The van der Waals surface area contributed by atoms with Crippen LogP contribution in [0.2, 0.25) is 0 Å². The van der Waals surface area contributed by atoms with Gasteiger partial charge in [0.15, 0.2) is 0 Å². The lowest BCUT2D eigenvalue weighted by atomic mass is 9.94. The molecule has 2 fully saturated rings. The minimum absolute atomic E-state index is 0.0668. The van der Waals surface area contributed by atoms with Crippen molar-refractivity contribution < 1.29 is 9.59 Å². The van der Waals surface area contributed by atoms with Crippen LogP contribution in [0.4, 0.5) is 0 Å². The lowest BCUT2D eigenvalue weighted by Crippen LogP contribution is -2.45. The summed E-state index contributed by atoms with van der Waals surface area (Å²) in [5, 5.41) is 3.33. The standard InChI is InChI=1S/C16H29N3O2/c1-18(15(20)11-13-7-6-10-17-13)12-16(21)19(2)14-8-4-3-5-9-14/h13-14,17H,3-12H2,1-2H3. The molecule has 1 N–H and O–H groups in total. The summed E-state index contributed by atoms with van der Waals surface area (Å²) in [7, 11) is 3.62. The molecule has 1 aliphatic heterocycles. The Kier molecular flexibility index (Phi) is 6.03. The molecular weight excluding hydrogens is 266 g/mol. The summed E-state index contributed by atoms with van der Waals surface area (Å²) in [5.41, 5.74) is 0. The van der Waals surface area contributed by atoms with Crippen molar-refractivity contribution in [1.82, 2.24) is 15.1 Å². The maximum absolute atomic E-state index is 12.3. The highest BCUT2D eigenvalue weighted by Crippen LogP contribution is 2.21. The number of likely N-dealkylation sites (N-methyl/N-ethyl adjacent to an activating group) is 2. The van der Waals surface area contributed by atoms with Gasteiger partial charge in [-0.15, -0.1) is 0 Å². The number of hydrogen-bond acceptors (Lipinski definition) is 3. The Balaban J connectivity index is 1.75. The largest absolute Gasteiger partial charge is 0.341 e. The normalized spacial score (nSPS) is 23.0. The second-order valence-electron chi connectivity index (χ2n) is 6.54. The first-order chi connectivity index (χ1) is 10.1. The smallest absolute Gasteiger partial charge is 0.242 e. The molecule has 1 saturated carbocycles. The van der Waals surface area contributed by atoms with Crippen molar-refractivity contribution in [2.75, 3.05) is 27.2 Å². The topological polar surface area (TPSA) is 52.7 Å². The van der Waals surface area contributed by atoms with Crippen LogP contribution in [0.15, 0.2) is 0 Å². The van der Waals surface area contributed by atoms with Gasteiger partial charge in [0.1, 0.15) is 0 Å². The fraction of sp³-hybridized carbons (Fsp3) is 0.875. The molecule has 1 atom stereocenters. The van der Waals surface area contributed by atoms with Crippen LogP contribution in [0.1, 0.15) is 51.4 Å². The van der Waals surface area contributed by atoms with E-state index in [1.165, 1.54) is 19.3 Å². The summed E-state index contributed by atoms with van der Waals surface area (Å²) in [5.74, 6) is 0.136. The van der Waals surface area contributed by atoms with E-state index in [1.54, 1.807) is 11.9 Å². The number of nitrogens with zero attached hydrogens (tertiary/aromatic N) is 2. The van der Waals surface area contributed by atoms with E-state index in [4.69, 9.17) is 0 Å². The Morgan fingerprint density at radius 3 is 2.33 bits per heavy atom. The fourth-order valence-electron chi connectivity index (χ4n) is 3.37. The van der Waals surface area contributed by atoms with Gasteiger partial charge < -0.3 is 15.1 Å². The van der Waals surface area contributed by atoms with Crippen LogP contribution in [0.25, 0.3) is 0 Å². The minimum atomic E-state index is 0.0668. The predicted octanol–water partition coefficient (Wildman–Crippen LogP) is 1.38. The molecule has 2 amide bonds. The van der Waals surface area contributed by atoms with Gasteiger partial charge in [-0.2, -0.15) is 0 Å². The summed E-state index contributed by atoms with van der Waals surface area (Å²) in [6.45, 7) is 1.21. The molecule has 1 unspecified atom stereocenters. The quantitative estimate of drug-likeness (QED) is 0.833. The van der Waals surface area contributed by atoms with E-state index in [9.17, 15) is 9.59 Å². The first-order valence-corrected chi connectivity index (χ1v) is 8.31. The molecule has 2 rings (SSSR count). The zero-order valence-electron chi connectivity index (χ0n) is 13.4. The average Bonchev–Trinajstić information content (AvgIpc) is 3.00. The molecule has 0 spiro atoms. The van der Waals surface area contributed by atoms with Gasteiger partial charge in [0, 0.05) is 32.6 Å². The predicted molar refractivity (Wildman–Crippen MR) is 82.9 cm³/mol. The number of rotatable bonds is 5. The third-order valence-electron chi connectivity index (χ3n) is 4.90. The van der Waals surface area contributed by atoms with Crippen molar-refractivity contribution in [3.63, 3.8) is 0 Å². The van der Waals surface area contributed by atoms with Gasteiger partial charge in [-0.3, -0.25) is 9.59 Å². The summed E-state index contributed by atoms with van der Waals surface area (Å²) in [4.78, 5) is 27.9. The third kappa shape index (κ3) is 4.70. The highest BCUT2D eigenvalue weighted by atomic mass is 16.2. The maximum atomic E-state index is 12.3. The van der Waals surface area contributed by atoms with Crippen molar-refractivity contribution in [2.45, 2.75) is 63.5 Å². The molecule has 0 aromatic rings. The Morgan fingerprint density at radius 1 is 1.00 bits per heavy atom. The number of nitrogens with one attached hydrogen (secondary N) is 1. The van der Waals surface area contributed by atoms with E-state index >= 15 is 0 Å². The van der Waals surface area contributed by atoms with Crippen LogP contribution < -0.4 is 5.32 Å². The fourth-order valence-corrected chi connectivity index (χ4v) is 3.37. The van der Waals surface area contributed by atoms with E-state index in [0.717, 1.165) is 32.2 Å². The van der Waals surface area contributed by atoms with Gasteiger partial charge in [0.05, 0.1) is 6.54 Å². The summed E-state index contributed by atoms with van der Waals surface area (Å²) < 4.78 is 0. The van der Waals surface area contributed by atoms with E-state index < -0.39 is 0 Å². The van der Waals surface area contributed by atoms with Crippen LogP contribution in [-0.4, -0.2) is 60.9 Å². The van der Waals surface area contributed by atoms with Crippen LogP contribution in [0.3, 0.4) is 0 Å². The van der Waals surface area contributed by atoms with Crippen molar-refractivity contribution in [2.24, 2.45) is 0 Å². The van der Waals surface area contributed by atoms with Gasteiger partial charge in [-0.25, -0.2) is 0 Å². The molecule has 0 bridgehead atoms. The van der Waals surface area contributed by atoms with Crippen LogP contribution in [0.5, 0.6) is 0 Å². The van der Waals surface area contributed by atoms with E-state index in [0.29, 0.717) is 18.5 Å². The molecule has 21 heavy (non-hydrogen) atoms. The lowest BCUT2D eigenvalue weighted by molar-refractivity contribution is -0.140. The van der Waals surface area contributed by atoms with Gasteiger partial charge in [0.2, 0.25) is 11.8 Å². The highest BCUT2D eigenvalue weighted by molar-refractivity contribution is 5.85. The van der Waals surface area contributed by atoms with Crippen LogP contribution in [0, 0.1) is 0 Å². The molecule has 5 heteroatoms. The molecule has 1 heterocycles. The molecule has 1 aliphatic carbocycles. The van der Waals surface area contributed by atoms with Gasteiger partial charge in [-0.05, 0) is 32.2 Å². The summed E-state index contributed by atoms with van der Waals surface area (Å²) in [6, 6.07) is 0.664. The number of carbonyl (C=O) groups is 2. The minimum Gasteiger partial charge on any atom is -0.341 e. The Morgan fingerprint density at radius 2 is 1.71 bits per heavy atom. The molecule has 1 saturated heterocycles. The Bertz CT molecular complexity index is 361. The molecular formula is C16H29N3O2. The van der Waals surface area contributed by atoms with Gasteiger partial charge >= 0.3 is 0 Å². The Hall–Kier alpha value is -1.10. The number of amides is 2. The van der Waals surface area contributed by atoms with Crippen molar-refractivity contribution in [3.8, 4) is 0 Å². The van der Waals surface area contributed by atoms with Gasteiger partial charge in [-0.1, -0.05) is 19.3 Å². The highest BCUT2D eigenvalue weighted by Gasteiger charge is 2.25. The second kappa shape index (κ2) is 7.78. The molecule has 120 valence electrons. The van der Waals surface area contributed by atoms with E-state index in [-0.39, 0.29) is 18.4 Å².